The van der Waals surface area contributed by atoms with E-state index in [-0.39, 0.29) is 12.1 Å². The summed E-state index contributed by atoms with van der Waals surface area (Å²) < 4.78 is 37.7. The van der Waals surface area contributed by atoms with Crippen molar-refractivity contribution >= 4 is 22.6 Å². The van der Waals surface area contributed by atoms with E-state index in [9.17, 15) is 13.2 Å². The Morgan fingerprint density at radius 3 is 1.73 bits per heavy atom. The Labute approximate surface area is 272 Å². The minimum Gasteiger partial charge on any atom is -0.248 e. The largest absolute Gasteiger partial charge is 0.429 e. The highest BCUT2D eigenvalue weighted by molar-refractivity contribution is 5.93. The molecule has 45 heavy (non-hydrogen) atoms. The quantitative estimate of drug-likeness (QED) is 0.150. The molecule has 0 radical (unpaired) electrons. The van der Waals surface area contributed by atoms with Crippen LogP contribution in [0.5, 0.6) is 0 Å². The number of hydrogen-bond acceptors (Lipinski definition) is 1. The summed E-state index contributed by atoms with van der Waals surface area (Å²) in [7, 11) is 0. The van der Waals surface area contributed by atoms with Gasteiger partial charge in [0.25, 0.3) is 0 Å². The van der Waals surface area contributed by atoms with Gasteiger partial charge in [-0.1, -0.05) is 183 Å². The highest BCUT2D eigenvalue weighted by Crippen LogP contribution is 2.27. The topological polar surface area (TPSA) is 12.4 Å². The van der Waals surface area contributed by atoms with Gasteiger partial charge in [0.05, 0.1) is 5.70 Å². The molecular formula is C41H56F3N. The first-order valence-corrected chi connectivity index (χ1v) is 16.3. The summed E-state index contributed by atoms with van der Waals surface area (Å²) in [5, 5.41) is 0. The van der Waals surface area contributed by atoms with Gasteiger partial charge in [-0.25, -0.2) is 4.99 Å². The van der Waals surface area contributed by atoms with E-state index in [4.69, 9.17) is 0 Å². The normalized spacial score (nSPS) is 11.4. The van der Waals surface area contributed by atoms with E-state index in [1.54, 1.807) is 24.3 Å². The Kier molecular flexibility index (Phi) is 20.9. The van der Waals surface area contributed by atoms with Gasteiger partial charge < -0.3 is 0 Å². The van der Waals surface area contributed by atoms with Crippen LogP contribution in [0.1, 0.15) is 111 Å². The lowest BCUT2D eigenvalue weighted by Crippen LogP contribution is -2.22. The monoisotopic (exact) mass is 619 g/mol. The number of alkyl halides is 3. The highest BCUT2D eigenvalue weighted by Gasteiger charge is 2.34. The highest BCUT2D eigenvalue weighted by atomic mass is 19.4. The Bertz CT molecular complexity index is 1300. The standard InChI is InChI=1S/C15H16F3N.C15H14.C9H20.C2H6/c1-5-14(15(16,17)18)19-11(4)13-8-6-12(7-9-13)10(2)3;1-12(2)14-10-6-7-11-15(14)13-8-4-3-5-9-13;1-4-6-7-8-9(3)5-2;1-2/h6-9H,2,4-5H2,1,3H3;3-11H,1H2,2H3;9H,4-8H2,1-3H3;1-2H3. The average Bonchev–Trinajstić information content (AvgIpc) is 3.05. The molecule has 0 amide bonds. The number of unbranched alkanes of at least 4 members (excludes halogenated alkanes) is 2. The fourth-order valence-electron chi connectivity index (χ4n) is 4.19. The van der Waals surface area contributed by atoms with Gasteiger partial charge in [-0.3, -0.25) is 0 Å². The molecular weight excluding hydrogens is 563 g/mol. The van der Waals surface area contributed by atoms with Gasteiger partial charge in [0.15, 0.2) is 0 Å². The average molecular weight is 620 g/mol. The molecule has 3 aromatic rings. The first kappa shape index (κ1) is 41.3. The van der Waals surface area contributed by atoms with E-state index in [2.05, 4.69) is 94.0 Å². The van der Waals surface area contributed by atoms with Crippen molar-refractivity contribution in [1.29, 1.82) is 0 Å². The maximum atomic E-state index is 12.6. The molecule has 1 unspecified atom stereocenters. The molecule has 1 nitrogen and oxygen atoms in total. The number of hydrogen-bond donors (Lipinski definition) is 0. The van der Waals surface area contributed by atoms with Crippen LogP contribution in [0.25, 0.3) is 28.0 Å². The van der Waals surface area contributed by atoms with Gasteiger partial charge in [0.2, 0.25) is 0 Å². The van der Waals surface area contributed by atoms with Crippen molar-refractivity contribution in [1.82, 2.24) is 0 Å². The second-order valence-corrected chi connectivity index (χ2v) is 10.9. The number of rotatable bonds is 11. The molecule has 0 saturated heterocycles. The van der Waals surface area contributed by atoms with Crippen molar-refractivity contribution < 1.29 is 13.2 Å². The molecule has 246 valence electrons. The number of aliphatic imine (C=N–C) groups is 1. The maximum Gasteiger partial charge on any atom is 0.429 e. The first-order valence-electron chi connectivity index (χ1n) is 16.3. The first-order chi connectivity index (χ1) is 21.3. The third-order valence-corrected chi connectivity index (χ3v) is 7.11. The Hall–Kier alpha value is -3.66. The molecule has 4 heteroatoms. The zero-order valence-corrected chi connectivity index (χ0v) is 29.0. The molecule has 0 bridgehead atoms. The van der Waals surface area contributed by atoms with Gasteiger partial charge >= 0.3 is 6.18 Å². The summed E-state index contributed by atoms with van der Waals surface area (Å²) >= 11 is 0. The second-order valence-electron chi connectivity index (χ2n) is 10.9. The molecule has 0 aliphatic rings. The van der Waals surface area contributed by atoms with Crippen LogP contribution in [-0.4, -0.2) is 11.9 Å². The summed E-state index contributed by atoms with van der Waals surface area (Å²) in [6.07, 6.45) is 2.42. The fourth-order valence-corrected chi connectivity index (χ4v) is 4.19. The van der Waals surface area contributed by atoms with E-state index in [1.165, 1.54) is 55.7 Å². The minimum absolute atomic E-state index is 0.113. The van der Waals surface area contributed by atoms with Gasteiger partial charge in [-0.15, -0.1) is 0 Å². The molecule has 0 aliphatic heterocycles. The number of nitrogens with zero attached hydrogens (tertiary/aromatic N) is 1. The number of halogens is 3. The second kappa shape index (κ2) is 22.8. The van der Waals surface area contributed by atoms with Gasteiger partial charge in [0.1, 0.15) is 5.71 Å². The molecule has 0 fully saturated rings. The molecule has 0 saturated carbocycles. The van der Waals surface area contributed by atoms with Crippen molar-refractivity contribution in [2.45, 2.75) is 100 Å². The lowest BCUT2D eigenvalue weighted by molar-refractivity contribution is -0.0601. The van der Waals surface area contributed by atoms with Crippen molar-refractivity contribution in [3.8, 4) is 11.1 Å². The van der Waals surface area contributed by atoms with Gasteiger partial charge in [0, 0.05) is 0 Å². The van der Waals surface area contributed by atoms with Crippen molar-refractivity contribution in [3.63, 3.8) is 0 Å². The van der Waals surface area contributed by atoms with Crippen LogP contribution in [0.3, 0.4) is 0 Å². The van der Waals surface area contributed by atoms with Crippen LogP contribution in [-0.2, 0) is 0 Å². The van der Waals surface area contributed by atoms with Crippen LogP contribution >= 0.6 is 0 Å². The predicted molar refractivity (Wildman–Crippen MR) is 195 cm³/mol. The van der Waals surface area contributed by atoms with E-state index in [0.717, 1.165) is 22.6 Å². The zero-order chi connectivity index (χ0) is 34.4. The predicted octanol–water partition coefficient (Wildman–Crippen LogP) is 14.1. The number of allylic oxidation sites excluding steroid dienone is 2. The van der Waals surface area contributed by atoms with Gasteiger partial charge in [-0.05, 0) is 54.0 Å². The maximum absolute atomic E-state index is 12.6. The summed E-state index contributed by atoms with van der Waals surface area (Å²) in [6, 6.07) is 25.7. The minimum atomic E-state index is -4.41. The summed E-state index contributed by atoms with van der Waals surface area (Å²) in [4.78, 5) is 3.59. The molecule has 0 spiro atoms. The third-order valence-electron chi connectivity index (χ3n) is 7.11. The van der Waals surface area contributed by atoms with Crippen molar-refractivity contribution in [2.24, 2.45) is 10.9 Å². The Morgan fingerprint density at radius 2 is 1.27 bits per heavy atom. The van der Waals surface area contributed by atoms with Crippen LogP contribution in [0.4, 0.5) is 13.2 Å². The van der Waals surface area contributed by atoms with Crippen LogP contribution in [0.2, 0.25) is 0 Å². The summed E-state index contributed by atoms with van der Waals surface area (Å²) in [5.41, 5.74) is 6.53. The van der Waals surface area contributed by atoms with E-state index in [1.807, 2.05) is 33.8 Å². The van der Waals surface area contributed by atoms with E-state index < -0.39 is 11.9 Å². The molecule has 0 N–H and O–H groups in total. The van der Waals surface area contributed by atoms with Crippen molar-refractivity contribution in [2.75, 3.05) is 0 Å². The van der Waals surface area contributed by atoms with Crippen LogP contribution < -0.4 is 0 Å². The van der Waals surface area contributed by atoms with Crippen LogP contribution in [0, 0.1) is 5.92 Å². The lowest BCUT2D eigenvalue weighted by atomic mass is 9.96. The SMILES string of the molecule is C=C(C)c1ccc(C(=C)N=C(CC)C(F)(F)F)cc1.C=C(C)c1ccccc1-c1ccccc1.CC.CCCCCC(C)CC. The third kappa shape index (κ3) is 16.3. The van der Waals surface area contributed by atoms with E-state index >= 15 is 0 Å². The fraction of sp³-hybridized carbons (Fsp3) is 0.390. The number of benzene rings is 3. The van der Waals surface area contributed by atoms with Crippen molar-refractivity contribution in [3.05, 3.63) is 115 Å². The molecule has 0 heterocycles. The smallest absolute Gasteiger partial charge is 0.248 e. The molecule has 3 rings (SSSR count). The van der Waals surface area contributed by atoms with E-state index in [0.29, 0.717) is 5.56 Å². The molecule has 0 aliphatic carbocycles. The zero-order valence-electron chi connectivity index (χ0n) is 29.0. The Balaban J connectivity index is 0.000000664. The molecule has 1 atom stereocenters. The van der Waals surface area contributed by atoms with Crippen LogP contribution in [0.15, 0.2) is 104 Å². The molecule has 3 aromatic carbocycles. The Morgan fingerprint density at radius 1 is 0.733 bits per heavy atom. The lowest BCUT2D eigenvalue weighted by Gasteiger charge is -2.10. The summed E-state index contributed by atoms with van der Waals surface area (Å²) in [5.74, 6) is 0.955. The molecule has 0 aromatic heterocycles. The summed E-state index contributed by atoms with van der Waals surface area (Å²) in [6.45, 7) is 27.6. The van der Waals surface area contributed by atoms with Gasteiger partial charge in [-0.2, -0.15) is 13.2 Å².